The molecule has 0 aliphatic heterocycles. The molecule has 110 valence electrons. The van der Waals surface area contributed by atoms with E-state index in [-0.39, 0.29) is 5.91 Å². The summed E-state index contributed by atoms with van der Waals surface area (Å²) in [6.45, 7) is 0.804. The molecular weight excluding hydrogens is 264 g/mol. The van der Waals surface area contributed by atoms with Gasteiger partial charge in [-0.15, -0.1) is 0 Å². The largest absolute Gasteiger partial charge is 0.340 e. The number of nitrogens with two attached hydrogens (primary N) is 1. The van der Waals surface area contributed by atoms with Crippen molar-refractivity contribution in [1.82, 2.24) is 9.88 Å². The number of nitrogens with zero attached hydrogens (tertiary/aromatic N) is 2. The first kappa shape index (κ1) is 13.8. The van der Waals surface area contributed by atoms with Crippen molar-refractivity contribution < 1.29 is 4.79 Å². The van der Waals surface area contributed by atoms with Crippen LogP contribution in [0.4, 0.5) is 5.69 Å². The second-order valence-corrected chi connectivity index (χ2v) is 5.70. The number of pyridine rings is 1. The molecule has 3 rings (SSSR count). The highest BCUT2D eigenvalue weighted by atomic mass is 16.2. The van der Waals surface area contributed by atoms with Crippen LogP contribution in [0.2, 0.25) is 0 Å². The van der Waals surface area contributed by atoms with Crippen LogP contribution >= 0.6 is 0 Å². The van der Waals surface area contributed by atoms with Crippen molar-refractivity contribution in [3.63, 3.8) is 0 Å². The topological polar surface area (TPSA) is 71.2 Å². The number of amides is 1. The van der Waals surface area contributed by atoms with Gasteiger partial charge in [-0.2, -0.15) is 0 Å². The minimum absolute atomic E-state index is 0.0517. The summed E-state index contributed by atoms with van der Waals surface area (Å²) in [6.07, 6.45) is 3.72. The monoisotopic (exact) mass is 284 g/mol. The molecule has 1 fully saturated rings. The third kappa shape index (κ3) is 2.69. The van der Waals surface area contributed by atoms with E-state index >= 15 is 0 Å². The number of hydrogen-bond acceptors (Lipinski definition) is 4. The first-order valence-corrected chi connectivity index (χ1v) is 7.31. The summed E-state index contributed by atoms with van der Waals surface area (Å²) in [7, 11) is 1.84. The third-order valence-electron chi connectivity index (χ3n) is 4.19. The Morgan fingerprint density at radius 1 is 1.43 bits per heavy atom. The van der Waals surface area contributed by atoms with E-state index in [1.165, 1.54) is 19.3 Å². The quantitative estimate of drug-likeness (QED) is 0.668. The molecule has 0 bridgehead atoms. The van der Waals surface area contributed by atoms with E-state index in [4.69, 9.17) is 5.84 Å². The van der Waals surface area contributed by atoms with Crippen molar-refractivity contribution in [1.29, 1.82) is 0 Å². The van der Waals surface area contributed by atoms with Gasteiger partial charge in [-0.1, -0.05) is 24.6 Å². The molecule has 0 atom stereocenters. The fourth-order valence-corrected chi connectivity index (χ4v) is 2.75. The Balaban J connectivity index is 1.90. The van der Waals surface area contributed by atoms with Crippen molar-refractivity contribution in [3.05, 3.63) is 36.0 Å². The van der Waals surface area contributed by atoms with Crippen LogP contribution < -0.4 is 11.3 Å². The van der Waals surface area contributed by atoms with E-state index in [0.29, 0.717) is 11.6 Å². The molecule has 5 heteroatoms. The van der Waals surface area contributed by atoms with Gasteiger partial charge in [0, 0.05) is 19.0 Å². The van der Waals surface area contributed by atoms with Gasteiger partial charge >= 0.3 is 0 Å². The Morgan fingerprint density at radius 3 is 2.86 bits per heavy atom. The number of aromatic nitrogens is 1. The Labute approximate surface area is 124 Å². The van der Waals surface area contributed by atoms with Crippen LogP contribution in [0.25, 0.3) is 10.9 Å². The molecule has 1 aromatic carbocycles. The summed E-state index contributed by atoms with van der Waals surface area (Å²) < 4.78 is 0. The van der Waals surface area contributed by atoms with Crippen molar-refractivity contribution in [2.75, 3.05) is 19.0 Å². The molecule has 0 spiro atoms. The van der Waals surface area contributed by atoms with Gasteiger partial charge in [0.25, 0.3) is 5.91 Å². The predicted molar refractivity (Wildman–Crippen MR) is 83.9 cm³/mol. The van der Waals surface area contributed by atoms with Crippen molar-refractivity contribution >= 4 is 22.5 Å². The highest BCUT2D eigenvalue weighted by Gasteiger charge is 2.23. The number of para-hydroxylation sites is 1. The molecule has 1 aromatic heterocycles. The summed E-state index contributed by atoms with van der Waals surface area (Å²) in [4.78, 5) is 18.8. The van der Waals surface area contributed by atoms with Gasteiger partial charge in [0.05, 0.1) is 11.2 Å². The lowest BCUT2D eigenvalue weighted by Crippen LogP contribution is -2.34. The molecule has 1 aliphatic carbocycles. The molecule has 21 heavy (non-hydrogen) atoms. The molecule has 0 saturated heterocycles. The molecule has 1 heterocycles. The second kappa shape index (κ2) is 5.69. The number of benzene rings is 1. The van der Waals surface area contributed by atoms with E-state index < -0.39 is 0 Å². The molecular formula is C16H20N4O. The number of carbonyl (C=O) groups is 1. The number of anilines is 1. The van der Waals surface area contributed by atoms with Crippen LogP contribution in [-0.2, 0) is 0 Å². The fraction of sp³-hybridized carbons (Fsp3) is 0.375. The van der Waals surface area contributed by atoms with Crippen molar-refractivity contribution in [2.24, 2.45) is 11.8 Å². The number of nitrogens with one attached hydrogen (secondary N) is 1. The van der Waals surface area contributed by atoms with Gasteiger partial charge in [0.2, 0.25) is 0 Å². The fourth-order valence-electron chi connectivity index (χ4n) is 2.75. The number of hydrazine groups is 1. The second-order valence-electron chi connectivity index (χ2n) is 5.70. The Kier molecular flexibility index (Phi) is 3.75. The zero-order chi connectivity index (χ0) is 14.8. The average Bonchev–Trinajstić information content (AvgIpc) is 2.48. The van der Waals surface area contributed by atoms with Crippen LogP contribution in [-0.4, -0.2) is 29.4 Å². The van der Waals surface area contributed by atoms with Gasteiger partial charge < -0.3 is 10.3 Å². The van der Waals surface area contributed by atoms with Gasteiger partial charge in [0.15, 0.2) is 0 Å². The maximum atomic E-state index is 12.5. The lowest BCUT2D eigenvalue weighted by Gasteiger charge is -2.30. The zero-order valence-electron chi connectivity index (χ0n) is 12.2. The lowest BCUT2D eigenvalue weighted by molar-refractivity contribution is 0.0740. The third-order valence-corrected chi connectivity index (χ3v) is 4.19. The van der Waals surface area contributed by atoms with Gasteiger partial charge in [-0.25, -0.2) is 4.98 Å². The SMILES string of the molecule is CN(CC1CCC1)C(=O)c1cc(NN)c2ccccc2n1. The number of fused-ring (bicyclic) bond motifs is 1. The molecule has 1 aliphatic rings. The smallest absolute Gasteiger partial charge is 0.272 e. The van der Waals surface area contributed by atoms with E-state index in [1.807, 2.05) is 31.3 Å². The lowest BCUT2D eigenvalue weighted by atomic mass is 9.85. The Bertz CT molecular complexity index is 666. The van der Waals surface area contributed by atoms with Crippen LogP contribution in [0, 0.1) is 5.92 Å². The van der Waals surface area contributed by atoms with Gasteiger partial charge in [-0.3, -0.25) is 10.6 Å². The zero-order valence-corrected chi connectivity index (χ0v) is 12.2. The summed E-state index contributed by atoms with van der Waals surface area (Å²) in [5.74, 6) is 6.16. The van der Waals surface area contributed by atoms with Crippen molar-refractivity contribution in [3.8, 4) is 0 Å². The number of carbonyl (C=O) groups excluding carboxylic acids is 1. The Hall–Kier alpha value is -2.14. The molecule has 2 aromatic rings. The summed E-state index contributed by atoms with van der Waals surface area (Å²) >= 11 is 0. The summed E-state index contributed by atoms with van der Waals surface area (Å²) in [6, 6.07) is 9.38. The molecule has 3 N–H and O–H groups in total. The van der Waals surface area contributed by atoms with E-state index in [2.05, 4.69) is 10.4 Å². The minimum atomic E-state index is -0.0517. The standard InChI is InChI=1S/C16H20N4O/c1-20(10-11-5-4-6-11)16(21)15-9-14(19-17)12-7-2-3-8-13(12)18-15/h2-3,7-9,11H,4-6,10,17H2,1H3,(H,18,19). The van der Waals surface area contributed by atoms with Crippen LogP contribution in [0.1, 0.15) is 29.8 Å². The highest BCUT2D eigenvalue weighted by Crippen LogP contribution is 2.27. The highest BCUT2D eigenvalue weighted by molar-refractivity contribution is 5.99. The average molecular weight is 284 g/mol. The minimum Gasteiger partial charge on any atom is -0.340 e. The van der Waals surface area contributed by atoms with Gasteiger partial charge in [-0.05, 0) is 30.9 Å². The van der Waals surface area contributed by atoms with Crippen LogP contribution in [0.5, 0.6) is 0 Å². The Morgan fingerprint density at radius 2 is 2.19 bits per heavy atom. The maximum Gasteiger partial charge on any atom is 0.272 e. The summed E-state index contributed by atoms with van der Waals surface area (Å²) in [5, 5.41) is 0.915. The van der Waals surface area contributed by atoms with E-state index in [0.717, 1.165) is 23.1 Å². The van der Waals surface area contributed by atoms with Crippen molar-refractivity contribution in [2.45, 2.75) is 19.3 Å². The molecule has 0 unspecified atom stereocenters. The van der Waals surface area contributed by atoms with E-state index in [1.54, 1.807) is 11.0 Å². The first-order valence-electron chi connectivity index (χ1n) is 7.31. The molecule has 5 nitrogen and oxygen atoms in total. The van der Waals surface area contributed by atoms with Crippen LogP contribution in [0.3, 0.4) is 0 Å². The maximum absolute atomic E-state index is 12.5. The van der Waals surface area contributed by atoms with Crippen LogP contribution in [0.15, 0.2) is 30.3 Å². The molecule has 0 radical (unpaired) electrons. The normalized spacial score (nSPS) is 14.8. The van der Waals surface area contributed by atoms with Gasteiger partial charge in [0.1, 0.15) is 5.69 Å². The van der Waals surface area contributed by atoms with E-state index in [9.17, 15) is 4.79 Å². The predicted octanol–water partition coefficient (Wildman–Crippen LogP) is 2.39. The molecule has 1 amide bonds. The summed E-state index contributed by atoms with van der Waals surface area (Å²) in [5.41, 5.74) is 4.59. The number of nitrogen functional groups attached to an aromatic ring is 1. The number of rotatable bonds is 4. The molecule has 1 saturated carbocycles. The number of hydrogen-bond donors (Lipinski definition) is 2. The first-order chi connectivity index (χ1) is 10.2.